The number of carbonyl (C=O) groups is 1. The zero-order valence-corrected chi connectivity index (χ0v) is 17.1. The summed E-state index contributed by atoms with van der Waals surface area (Å²) in [5, 5.41) is 9.92. The quantitative estimate of drug-likeness (QED) is 0.811. The van der Waals surface area contributed by atoms with Crippen molar-refractivity contribution in [2.45, 2.75) is 12.5 Å². The Balaban J connectivity index is 0.00000182. The van der Waals surface area contributed by atoms with Crippen molar-refractivity contribution in [2.24, 2.45) is 0 Å². The number of nitrogens with zero attached hydrogens (tertiary/aromatic N) is 2. The Morgan fingerprint density at radius 1 is 1.00 bits per heavy atom. The standard InChI is InChI=1S/C20H24N2O3.2ClH/c1-20(19(23)24,16-7-4-3-5-8-16)22-13-11-21(12-14-22)17-9-6-10-18(15-17)25-2;;/h3-10,15H,11-14H2,1-2H3,(H,23,24);2*1H. The maximum Gasteiger partial charge on any atom is 0.328 e. The molecule has 0 aromatic heterocycles. The van der Waals surface area contributed by atoms with Crippen LogP contribution in [0.1, 0.15) is 12.5 Å². The summed E-state index contributed by atoms with van der Waals surface area (Å²) < 4.78 is 5.30. The lowest BCUT2D eigenvalue weighted by Gasteiger charge is -2.44. The number of anilines is 1. The summed E-state index contributed by atoms with van der Waals surface area (Å²) in [6, 6.07) is 17.5. The molecule has 148 valence electrons. The molecule has 0 spiro atoms. The number of methoxy groups -OCH3 is 1. The second kappa shape index (κ2) is 9.83. The van der Waals surface area contributed by atoms with Crippen LogP contribution >= 0.6 is 24.8 Å². The van der Waals surface area contributed by atoms with Gasteiger partial charge in [0.25, 0.3) is 0 Å². The first-order valence-corrected chi connectivity index (χ1v) is 8.48. The van der Waals surface area contributed by atoms with E-state index in [1.54, 1.807) is 14.0 Å². The van der Waals surface area contributed by atoms with Gasteiger partial charge in [-0.3, -0.25) is 4.90 Å². The molecule has 0 radical (unpaired) electrons. The van der Waals surface area contributed by atoms with Gasteiger partial charge in [-0.1, -0.05) is 36.4 Å². The molecule has 5 nitrogen and oxygen atoms in total. The SMILES string of the molecule is COc1cccc(N2CCN(C(C)(C(=O)O)c3ccccc3)CC2)c1.Cl.Cl. The molecule has 2 aromatic rings. The van der Waals surface area contributed by atoms with Crippen molar-refractivity contribution in [1.29, 1.82) is 0 Å². The molecule has 0 aliphatic carbocycles. The fourth-order valence-corrected chi connectivity index (χ4v) is 3.42. The summed E-state index contributed by atoms with van der Waals surface area (Å²) in [4.78, 5) is 16.4. The Hall–Kier alpha value is -1.95. The molecule has 1 aliphatic heterocycles. The average molecular weight is 413 g/mol. The zero-order chi connectivity index (χ0) is 17.9. The van der Waals surface area contributed by atoms with Crippen LogP contribution in [0.15, 0.2) is 54.6 Å². The van der Waals surface area contributed by atoms with Gasteiger partial charge in [-0.2, -0.15) is 0 Å². The van der Waals surface area contributed by atoms with Crippen LogP contribution in [0.2, 0.25) is 0 Å². The summed E-state index contributed by atoms with van der Waals surface area (Å²) >= 11 is 0. The first-order chi connectivity index (χ1) is 12.1. The summed E-state index contributed by atoms with van der Waals surface area (Å²) in [5.74, 6) is 0.0214. The lowest BCUT2D eigenvalue weighted by Crippen LogP contribution is -2.57. The molecule has 0 saturated carbocycles. The van der Waals surface area contributed by atoms with Gasteiger partial charge < -0.3 is 14.7 Å². The number of aliphatic carboxylic acids is 1. The minimum absolute atomic E-state index is 0. The Kier molecular flexibility index (Phi) is 8.41. The van der Waals surface area contributed by atoms with Gasteiger partial charge in [-0.15, -0.1) is 24.8 Å². The number of ether oxygens (including phenoxy) is 1. The summed E-state index contributed by atoms with van der Waals surface area (Å²) in [7, 11) is 1.66. The molecule has 1 fully saturated rings. The molecule has 0 amide bonds. The lowest BCUT2D eigenvalue weighted by atomic mass is 9.89. The number of hydrogen-bond donors (Lipinski definition) is 1. The van der Waals surface area contributed by atoms with Crippen molar-refractivity contribution in [3.63, 3.8) is 0 Å². The van der Waals surface area contributed by atoms with Crippen molar-refractivity contribution >= 4 is 36.5 Å². The number of rotatable bonds is 5. The smallest absolute Gasteiger partial charge is 0.328 e. The molecule has 3 rings (SSSR count). The van der Waals surface area contributed by atoms with E-state index in [0.717, 1.165) is 30.1 Å². The number of hydrogen-bond acceptors (Lipinski definition) is 4. The van der Waals surface area contributed by atoms with E-state index in [1.807, 2.05) is 48.5 Å². The second-order valence-corrected chi connectivity index (χ2v) is 6.42. The van der Waals surface area contributed by atoms with E-state index in [0.29, 0.717) is 13.1 Å². The third-order valence-electron chi connectivity index (χ3n) is 5.08. The van der Waals surface area contributed by atoms with E-state index in [4.69, 9.17) is 4.74 Å². The Morgan fingerprint density at radius 3 is 2.19 bits per heavy atom. The monoisotopic (exact) mass is 412 g/mol. The highest BCUT2D eigenvalue weighted by Crippen LogP contribution is 2.31. The Morgan fingerprint density at radius 2 is 1.63 bits per heavy atom. The molecule has 1 N–H and O–H groups in total. The first kappa shape index (κ1) is 23.1. The topological polar surface area (TPSA) is 53.0 Å². The third-order valence-corrected chi connectivity index (χ3v) is 5.08. The van der Waals surface area contributed by atoms with Gasteiger partial charge in [-0.05, 0) is 24.6 Å². The van der Waals surface area contributed by atoms with Crippen LogP contribution in [0.5, 0.6) is 5.75 Å². The Labute approximate surface area is 172 Å². The van der Waals surface area contributed by atoms with Crippen molar-refractivity contribution in [1.82, 2.24) is 4.90 Å². The molecular weight excluding hydrogens is 387 g/mol. The maximum absolute atomic E-state index is 12.1. The molecule has 1 aliphatic rings. The number of carboxylic acid groups (broad SMARTS) is 1. The number of halogens is 2. The van der Waals surface area contributed by atoms with Gasteiger partial charge >= 0.3 is 5.97 Å². The highest BCUT2D eigenvalue weighted by molar-refractivity contribution is 5.85. The van der Waals surface area contributed by atoms with Gasteiger partial charge in [0, 0.05) is 37.9 Å². The van der Waals surface area contributed by atoms with Crippen LogP contribution in [-0.2, 0) is 10.3 Å². The summed E-state index contributed by atoms with van der Waals surface area (Å²) in [5.41, 5.74) is 0.912. The van der Waals surface area contributed by atoms with E-state index in [1.165, 1.54) is 0 Å². The molecule has 1 atom stereocenters. The number of piperazine rings is 1. The summed E-state index contributed by atoms with van der Waals surface area (Å²) in [6.45, 7) is 4.74. The van der Waals surface area contributed by atoms with Crippen molar-refractivity contribution < 1.29 is 14.6 Å². The van der Waals surface area contributed by atoms with Gasteiger partial charge in [0.05, 0.1) is 7.11 Å². The first-order valence-electron chi connectivity index (χ1n) is 8.48. The molecule has 0 bridgehead atoms. The Bertz CT molecular complexity index is 737. The minimum Gasteiger partial charge on any atom is -0.497 e. The van der Waals surface area contributed by atoms with Crippen LogP contribution in [0.25, 0.3) is 0 Å². The predicted octanol–water partition coefficient (Wildman–Crippen LogP) is 3.66. The van der Waals surface area contributed by atoms with Crippen molar-refractivity contribution in [3.8, 4) is 5.75 Å². The van der Waals surface area contributed by atoms with Crippen molar-refractivity contribution in [3.05, 3.63) is 60.2 Å². The van der Waals surface area contributed by atoms with Crippen LogP contribution in [0.3, 0.4) is 0 Å². The van der Waals surface area contributed by atoms with Crippen LogP contribution in [-0.4, -0.2) is 49.3 Å². The van der Waals surface area contributed by atoms with E-state index in [9.17, 15) is 9.90 Å². The largest absolute Gasteiger partial charge is 0.497 e. The lowest BCUT2D eigenvalue weighted by molar-refractivity contribution is -0.151. The van der Waals surface area contributed by atoms with Crippen LogP contribution in [0.4, 0.5) is 5.69 Å². The normalized spacial score (nSPS) is 16.4. The third kappa shape index (κ3) is 4.67. The fourth-order valence-electron chi connectivity index (χ4n) is 3.42. The van der Waals surface area contributed by atoms with E-state index in [2.05, 4.69) is 15.9 Å². The molecule has 1 heterocycles. The van der Waals surface area contributed by atoms with Gasteiger partial charge in [0.2, 0.25) is 0 Å². The highest BCUT2D eigenvalue weighted by Gasteiger charge is 2.42. The van der Waals surface area contributed by atoms with E-state index < -0.39 is 11.5 Å². The predicted molar refractivity (Wildman–Crippen MR) is 113 cm³/mol. The molecule has 1 unspecified atom stereocenters. The minimum atomic E-state index is -1.01. The van der Waals surface area contributed by atoms with Crippen LogP contribution in [0, 0.1) is 0 Å². The molecule has 1 saturated heterocycles. The zero-order valence-electron chi connectivity index (χ0n) is 15.5. The average Bonchev–Trinajstić information content (AvgIpc) is 2.68. The van der Waals surface area contributed by atoms with Gasteiger partial charge in [0.1, 0.15) is 11.3 Å². The van der Waals surface area contributed by atoms with Crippen molar-refractivity contribution in [2.75, 3.05) is 38.2 Å². The fraction of sp³-hybridized carbons (Fsp3) is 0.350. The number of carboxylic acids is 1. The molecular formula is C20H26Cl2N2O3. The second-order valence-electron chi connectivity index (χ2n) is 6.42. The van der Waals surface area contributed by atoms with E-state index in [-0.39, 0.29) is 24.8 Å². The summed E-state index contributed by atoms with van der Waals surface area (Å²) in [6.07, 6.45) is 0. The molecule has 2 aromatic carbocycles. The maximum atomic E-state index is 12.1. The van der Waals surface area contributed by atoms with Gasteiger partial charge in [0.15, 0.2) is 0 Å². The highest BCUT2D eigenvalue weighted by atomic mass is 35.5. The van der Waals surface area contributed by atoms with E-state index >= 15 is 0 Å². The van der Waals surface area contributed by atoms with Crippen LogP contribution < -0.4 is 9.64 Å². The molecule has 7 heteroatoms. The molecule has 27 heavy (non-hydrogen) atoms. The van der Waals surface area contributed by atoms with Gasteiger partial charge in [-0.25, -0.2) is 4.79 Å². The number of benzene rings is 2.